The van der Waals surface area contributed by atoms with Crippen molar-refractivity contribution >= 4 is 33.7 Å². The zero-order valence-corrected chi connectivity index (χ0v) is 18.5. The minimum Gasteiger partial charge on any atom is -0.410 e. The fourth-order valence-electron chi connectivity index (χ4n) is 3.56. The number of amides is 2. The van der Waals surface area contributed by atoms with E-state index in [9.17, 15) is 9.59 Å². The topological polar surface area (TPSA) is 59.1 Å². The molecule has 0 bridgehead atoms. The first-order valence-corrected chi connectivity index (χ1v) is 10.2. The number of benzene rings is 4. The number of hydrogen-bond donors (Lipinski definition) is 0. The molecule has 6 nitrogen and oxygen atoms in total. The number of rotatable bonds is 3. The lowest BCUT2D eigenvalue weighted by atomic mass is 9.92. The van der Waals surface area contributed by atoms with Crippen LogP contribution >= 0.6 is 0 Å². The summed E-state index contributed by atoms with van der Waals surface area (Å²) >= 11 is 0. The molecule has 0 spiro atoms. The molecule has 162 valence electrons. The van der Waals surface area contributed by atoms with Crippen LogP contribution in [-0.2, 0) is 0 Å². The summed E-state index contributed by atoms with van der Waals surface area (Å²) < 4.78 is 11.5. The first-order valence-electron chi connectivity index (χ1n) is 10.2. The number of nitrogens with zero attached hydrogens (tertiary/aromatic N) is 2. The standard InChI is InChI=1S/C26H24N2O4/c1-27(2)25(29)31-21-15-13-17-9-5-7-11-19(17)23(21)24-20-12-8-6-10-18(20)14-16-22(24)32-26(30)28(3)4/h5-16H,1-4H3. The van der Waals surface area contributed by atoms with E-state index in [0.29, 0.717) is 22.6 Å². The van der Waals surface area contributed by atoms with Crippen molar-refractivity contribution in [2.45, 2.75) is 0 Å². The Morgan fingerprint density at radius 3 is 1.31 bits per heavy atom. The molecule has 0 fully saturated rings. The Morgan fingerprint density at radius 2 is 0.938 bits per heavy atom. The van der Waals surface area contributed by atoms with Crippen molar-refractivity contribution in [1.82, 2.24) is 9.80 Å². The van der Waals surface area contributed by atoms with E-state index in [2.05, 4.69) is 0 Å². The van der Waals surface area contributed by atoms with Gasteiger partial charge < -0.3 is 19.3 Å². The summed E-state index contributed by atoms with van der Waals surface area (Å²) in [5, 5.41) is 3.72. The average Bonchev–Trinajstić information content (AvgIpc) is 2.79. The van der Waals surface area contributed by atoms with Gasteiger partial charge in [-0.15, -0.1) is 0 Å². The maximum atomic E-state index is 12.5. The molecule has 0 heterocycles. The van der Waals surface area contributed by atoms with Gasteiger partial charge in [0.2, 0.25) is 0 Å². The van der Waals surface area contributed by atoms with Crippen molar-refractivity contribution < 1.29 is 19.1 Å². The lowest BCUT2D eigenvalue weighted by molar-refractivity contribution is 0.170. The summed E-state index contributed by atoms with van der Waals surface area (Å²) in [6.07, 6.45) is -0.984. The van der Waals surface area contributed by atoms with Crippen LogP contribution in [0.3, 0.4) is 0 Å². The molecule has 4 aromatic carbocycles. The molecule has 0 unspecified atom stereocenters. The van der Waals surface area contributed by atoms with E-state index in [4.69, 9.17) is 9.47 Å². The Bertz CT molecular complexity index is 1220. The molecule has 2 amide bonds. The third kappa shape index (κ3) is 3.95. The van der Waals surface area contributed by atoms with E-state index in [1.807, 2.05) is 60.7 Å². The van der Waals surface area contributed by atoms with Gasteiger partial charge in [-0.1, -0.05) is 60.7 Å². The largest absolute Gasteiger partial charge is 0.414 e. The van der Waals surface area contributed by atoms with Gasteiger partial charge in [0.15, 0.2) is 0 Å². The molecule has 0 aliphatic heterocycles. The number of fused-ring (bicyclic) bond motifs is 2. The molecule has 0 saturated heterocycles. The Kier molecular flexibility index (Phi) is 5.69. The fourth-order valence-corrected chi connectivity index (χ4v) is 3.56. The molecule has 0 saturated carbocycles. The van der Waals surface area contributed by atoms with E-state index >= 15 is 0 Å². The third-order valence-corrected chi connectivity index (χ3v) is 5.16. The van der Waals surface area contributed by atoms with Crippen LogP contribution in [0.4, 0.5) is 9.59 Å². The molecule has 0 aliphatic carbocycles. The van der Waals surface area contributed by atoms with Crippen LogP contribution in [0.1, 0.15) is 0 Å². The van der Waals surface area contributed by atoms with Gasteiger partial charge >= 0.3 is 12.2 Å². The van der Waals surface area contributed by atoms with Gasteiger partial charge in [0, 0.05) is 39.3 Å². The summed E-state index contributed by atoms with van der Waals surface area (Å²) in [6.45, 7) is 0. The zero-order chi connectivity index (χ0) is 22.8. The van der Waals surface area contributed by atoms with E-state index in [1.54, 1.807) is 40.3 Å². The molecule has 0 atom stereocenters. The average molecular weight is 428 g/mol. The highest BCUT2D eigenvalue weighted by Crippen LogP contribution is 2.45. The summed E-state index contributed by atoms with van der Waals surface area (Å²) in [5.41, 5.74) is 1.38. The Hall–Kier alpha value is -4.06. The molecular weight excluding hydrogens is 404 g/mol. The molecule has 0 aromatic heterocycles. The van der Waals surface area contributed by atoms with Crippen LogP contribution in [0, 0.1) is 0 Å². The molecule has 0 radical (unpaired) electrons. The van der Waals surface area contributed by atoms with Crippen LogP contribution < -0.4 is 9.47 Å². The minimum atomic E-state index is -0.492. The number of ether oxygens (including phenoxy) is 2. The number of carbonyl (C=O) groups is 2. The quantitative estimate of drug-likeness (QED) is 0.415. The van der Waals surface area contributed by atoms with Crippen molar-refractivity contribution in [1.29, 1.82) is 0 Å². The van der Waals surface area contributed by atoms with Crippen molar-refractivity contribution in [2.24, 2.45) is 0 Å². The first-order chi connectivity index (χ1) is 15.4. The molecule has 4 aromatic rings. The van der Waals surface area contributed by atoms with Crippen LogP contribution in [0.25, 0.3) is 32.7 Å². The highest BCUT2D eigenvalue weighted by atomic mass is 16.6. The van der Waals surface area contributed by atoms with Gasteiger partial charge in [0.1, 0.15) is 11.5 Å². The number of hydrogen-bond acceptors (Lipinski definition) is 4. The van der Waals surface area contributed by atoms with Gasteiger partial charge in [-0.25, -0.2) is 9.59 Å². The second-order valence-electron chi connectivity index (χ2n) is 7.84. The van der Waals surface area contributed by atoms with Crippen molar-refractivity contribution in [3.8, 4) is 22.6 Å². The molecule has 4 rings (SSSR count). The van der Waals surface area contributed by atoms with Gasteiger partial charge in [-0.05, 0) is 33.7 Å². The molecule has 0 aliphatic rings. The summed E-state index contributed by atoms with van der Waals surface area (Å²) in [4.78, 5) is 27.7. The normalized spacial score (nSPS) is 10.8. The predicted molar refractivity (Wildman–Crippen MR) is 126 cm³/mol. The smallest absolute Gasteiger partial charge is 0.410 e. The van der Waals surface area contributed by atoms with Crippen LogP contribution in [0.15, 0.2) is 72.8 Å². The van der Waals surface area contributed by atoms with Gasteiger partial charge in [0.25, 0.3) is 0 Å². The Balaban J connectivity index is 2.07. The first kappa shape index (κ1) is 21.2. The van der Waals surface area contributed by atoms with Crippen molar-refractivity contribution in [3.05, 3.63) is 72.8 Å². The maximum absolute atomic E-state index is 12.5. The van der Waals surface area contributed by atoms with Crippen molar-refractivity contribution in [2.75, 3.05) is 28.2 Å². The van der Waals surface area contributed by atoms with E-state index in [-0.39, 0.29) is 0 Å². The second-order valence-corrected chi connectivity index (χ2v) is 7.84. The van der Waals surface area contributed by atoms with E-state index < -0.39 is 12.2 Å². The zero-order valence-electron chi connectivity index (χ0n) is 18.5. The van der Waals surface area contributed by atoms with Crippen LogP contribution in [-0.4, -0.2) is 50.2 Å². The van der Waals surface area contributed by atoms with Gasteiger partial charge in [-0.3, -0.25) is 0 Å². The molecule has 32 heavy (non-hydrogen) atoms. The van der Waals surface area contributed by atoms with Crippen LogP contribution in [0.5, 0.6) is 11.5 Å². The third-order valence-electron chi connectivity index (χ3n) is 5.16. The lowest BCUT2D eigenvalue weighted by Crippen LogP contribution is -2.26. The predicted octanol–water partition coefficient (Wildman–Crippen LogP) is 5.78. The Labute approximate surface area is 186 Å². The molecule has 6 heteroatoms. The van der Waals surface area contributed by atoms with Crippen LogP contribution in [0.2, 0.25) is 0 Å². The van der Waals surface area contributed by atoms with Crippen molar-refractivity contribution in [3.63, 3.8) is 0 Å². The van der Waals surface area contributed by atoms with Gasteiger partial charge in [0.05, 0.1) is 0 Å². The summed E-state index contributed by atoms with van der Waals surface area (Å²) in [7, 11) is 6.52. The Morgan fingerprint density at radius 1 is 0.562 bits per heavy atom. The SMILES string of the molecule is CN(C)C(=O)Oc1ccc2ccccc2c1-c1c(OC(=O)N(C)C)ccc2ccccc12. The minimum absolute atomic E-state index is 0.390. The van der Waals surface area contributed by atoms with E-state index in [1.165, 1.54) is 9.80 Å². The summed E-state index contributed by atoms with van der Waals surface area (Å²) in [5.74, 6) is 0.779. The molecular formula is C26H24N2O4. The second kappa shape index (κ2) is 8.59. The monoisotopic (exact) mass is 428 g/mol. The highest BCUT2D eigenvalue weighted by Gasteiger charge is 2.22. The lowest BCUT2D eigenvalue weighted by Gasteiger charge is -2.20. The fraction of sp³-hybridized carbons (Fsp3) is 0.154. The molecule has 0 N–H and O–H groups in total. The summed E-state index contributed by atoms with van der Waals surface area (Å²) in [6, 6.07) is 23.1. The number of carbonyl (C=O) groups excluding carboxylic acids is 2. The highest BCUT2D eigenvalue weighted by molar-refractivity contribution is 6.10. The maximum Gasteiger partial charge on any atom is 0.414 e. The van der Waals surface area contributed by atoms with Gasteiger partial charge in [-0.2, -0.15) is 0 Å². The van der Waals surface area contributed by atoms with E-state index in [0.717, 1.165) is 21.5 Å².